The Morgan fingerprint density at radius 1 is 1.50 bits per heavy atom. The van der Waals surface area contributed by atoms with Crippen molar-refractivity contribution < 1.29 is 9.84 Å². The minimum absolute atomic E-state index is 0. The molecule has 0 aromatic rings. The molecule has 1 heterocycles. The number of aliphatic hydroxyl groups excluding tert-OH is 1. The van der Waals surface area contributed by atoms with E-state index in [1.165, 1.54) is 0 Å². The third-order valence-corrected chi connectivity index (χ3v) is 2.66. The first-order valence-electron chi connectivity index (χ1n) is 4.25. The molecule has 2 fully saturated rings. The molecule has 12 heavy (non-hydrogen) atoms. The largest absolute Gasteiger partial charge is 0.393 e. The van der Waals surface area contributed by atoms with E-state index in [0.717, 1.165) is 26.0 Å². The summed E-state index contributed by atoms with van der Waals surface area (Å²) in [5, 5.41) is 12.6. The smallest absolute Gasteiger partial charge is 0.0672 e. The van der Waals surface area contributed by atoms with Crippen LogP contribution < -0.4 is 5.32 Å². The molecule has 1 spiro atoms. The van der Waals surface area contributed by atoms with Gasteiger partial charge in [-0.05, 0) is 19.8 Å². The van der Waals surface area contributed by atoms with Gasteiger partial charge in [0.05, 0.1) is 18.8 Å². The second kappa shape index (κ2) is 3.50. The highest BCUT2D eigenvalue weighted by molar-refractivity contribution is 5.85. The van der Waals surface area contributed by atoms with E-state index in [9.17, 15) is 0 Å². The third-order valence-electron chi connectivity index (χ3n) is 2.66. The SMILES string of the molecule is C[C@@H]1CNC2(CO1)CC(O)C2.Cl. The van der Waals surface area contributed by atoms with Crippen molar-refractivity contribution in [1.82, 2.24) is 5.32 Å². The summed E-state index contributed by atoms with van der Waals surface area (Å²) >= 11 is 0. The molecule has 2 N–H and O–H groups in total. The highest BCUT2D eigenvalue weighted by Gasteiger charge is 2.45. The second-order valence-electron chi connectivity index (χ2n) is 3.84. The van der Waals surface area contributed by atoms with E-state index < -0.39 is 0 Å². The van der Waals surface area contributed by atoms with Crippen LogP contribution in [0.2, 0.25) is 0 Å². The fraction of sp³-hybridized carbons (Fsp3) is 1.00. The van der Waals surface area contributed by atoms with Crippen LogP contribution in [0.15, 0.2) is 0 Å². The summed E-state index contributed by atoms with van der Waals surface area (Å²) in [6, 6.07) is 0. The first-order valence-corrected chi connectivity index (χ1v) is 4.25. The zero-order chi connectivity index (χ0) is 7.90. The van der Waals surface area contributed by atoms with E-state index in [0.29, 0.717) is 6.10 Å². The summed E-state index contributed by atoms with van der Waals surface area (Å²) in [5.41, 5.74) is 0.131. The number of halogens is 1. The standard InChI is InChI=1S/C8H15NO2.ClH/c1-6-4-9-8(5-11-6)2-7(10)3-8;/h6-7,9-10H,2-5H2,1H3;1H/t6-,7?,8?;/m1./s1. The molecule has 0 unspecified atom stereocenters. The summed E-state index contributed by atoms with van der Waals surface area (Å²) in [7, 11) is 0. The number of ether oxygens (including phenoxy) is 1. The van der Waals surface area contributed by atoms with Crippen LogP contribution in [0, 0.1) is 0 Å². The molecule has 1 saturated heterocycles. The Hall–Kier alpha value is 0.170. The third kappa shape index (κ3) is 1.74. The van der Waals surface area contributed by atoms with E-state index in [1.54, 1.807) is 0 Å². The molecule has 3 nitrogen and oxygen atoms in total. The van der Waals surface area contributed by atoms with Gasteiger partial charge in [-0.2, -0.15) is 0 Å². The molecule has 72 valence electrons. The molecule has 1 aliphatic heterocycles. The summed E-state index contributed by atoms with van der Waals surface area (Å²) in [5.74, 6) is 0. The van der Waals surface area contributed by atoms with Crippen molar-refractivity contribution in [3.05, 3.63) is 0 Å². The van der Waals surface area contributed by atoms with Crippen LogP contribution in [0.25, 0.3) is 0 Å². The quantitative estimate of drug-likeness (QED) is 0.582. The maximum absolute atomic E-state index is 9.14. The van der Waals surface area contributed by atoms with Crippen molar-refractivity contribution in [1.29, 1.82) is 0 Å². The van der Waals surface area contributed by atoms with Crippen LogP contribution in [0.3, 0.4) is 0 Å². The Kier molecular flexibility index (Phi) is 2.99. The van der Waals surface area contributed by atoms with Crippen molar-refractivity contribution in [2.24, 2.45) is 0 Å². The minimum atomic E-state index is -0.0977. The van der Waals surface area contributed by atoms with Crippen LogP contribution in [-0.4, -0.2) is 36.0 Å². The first-order chi connectivity index (χ1) is 5.20. The Morgan fingerprint density at radius 2 is 2.17 bits per heavy atom. The second-order valence-corrected chi connectivity index (χ2v) is 3.84. The monoisotopic (exact) mass is 193 g/mol. The average Bonchev–Trinajstić information content (AvgIpc) is 1.92. The number of hydrogen-bond donors (Lipinski definition) is 2. The van der Waals surface area contributed by atoms with Crippen molar-refractivity contribution in [2.75, 3.05) is 13.2 Å². The van der Waals surface area contributed by atoms with E-state index in [4.69, 9.17) is 9.84 Å². The van der Waals surface area contributed by atoms with Gasteiger partial charge in [0, 0.05) is 12.1 Å². The van der Waals surface area contributed by atoms with Crippen molar-refractivity contribution >= 4 is 12.4 Å². The number of hydrogen-bond acceptors (Lipinski definition) is 3. The van der Waals surface area contributed by atoms with E-state index in [2.05, 4.69) is 12.2 Å². The van der Waals surface area contributed by atoms with Gasteiger partial charge < -0.3 is 15.2 Å². The first kappa shape index (κ1) is 10.3. The Balaban J connectivity index is 0.000000720. The lowest BCUT2D eigenvalue weighted by Gasteiger charge is -2.49. The highest BCUT2D eigenvalue weighted by Crippen LogP contribution is 2.34. The van der Waals surface area contributed by atoms with Gasteiger partial charge in [0.1, 0.15) is 0 Å². The van der Waals surface area contributed by atoms with Gasteiger partial charge in [-0.3, -0.25) is 0 Å². The molecule has 2 rings (SSSR count). The molecule has 1 saturated carbocycles. The fourth-order valence-corrected chi connectivity index (χ4v) is 1.88. The lowest BCUT2D eigenvalue weighted by molar-refractivity contribution is -0.0977. The van der Waals surface area contributed by atoms with Crippen LogP contribution in [0.5, 0.6) is 0 Å². The maximum Gasteiger partial charge on any atom is 0.0672 e. The summed E-state index contributed by atoms with van der Waals surface area (Å²) in [4.78, 5) is 0. The molecule has 1 atom stereocenters. The molecule has 0 aromatic carbocycles. The summed E-state index contributed by atoms with van der Waals surface area (Å²) in [6.45, 7) is 3.76. The molecule has 0 bridgehead atoms. The Bertz CT molecular complexity index is 149. The van der Waals surface area contributed by atoms with Crippen molar-refractivity contribution in [3.63, 3.8) is 0 Å². The molecule has 2 aliphatic rings. The molecular formula is C8H16ClNO2. The minimum Gasteiger partial charge on any atom is -0.393 e. The Labute approximate surface area is 78.9 Å². The number of rotatable bonds is 0. The zero-order valence-electron chi connectivity index (χ0n) is 7.25. The number of aliphatic hydroxyl groups is 1. The van der Waals surface area contributed by atoms with Gasteiger partial charge >= 0.3 is 0 Å². The van der Waals surface area contributed by atoms with Gasteiger partial charge in [-0.15, -0.1) is 12.4 Å². The van der Waals surface area contributed by atoms with E-state index in [1.807, 2.05) is 0 Å². The fourth-order valence-electron chi connectivity index (χ4n) is 1.88. The molecular weight excluding hydrogens is 178 g/mol. The van der Waals surface area contributed by atoms with Gasteiger partial charge in [0.25, 0.3) is 0 Å². The number of nitrogens with one attached hydrogen (secondary N) is 1. The van der Waals surface area contributed by atoms with Gasteiger partial charge in [0.2, 0.25) is 0 Å². The zero-order valence-corrected chi connectivity index (χ0v) is 8.06. The van der Waals surface area contributed by atoms with Gasteiger partial charge in [-0.25, -0.2) is 0 Å². The Morgan fingerprint density at radius 3 is 2.58 bits per heavy atom. The highest BCUT2D eigenvalue weighted by atomic mass is 35.5. The van der Waals surface area contributed by atoms with Crippen LogP contribution >= 0.6 is 12.4 Å². The van der Waals surface area contributed by atoms with Gasteiger partial charge in [0.15, 0.2) is 0 Å². The van der Waals surface area contributed by atoms with E-state index in [-0.39, 0.29) is 24.0 Å². The molecule has 0 radical (unpaired) electrons. The molecule has 1 aliphatic carbocycles. The molecule has 4 heteroatoms. The van der Waals surface area contributed by atoms with Crippen molar-refractivity contribution in [2.45, 2.75) is 37.5 Å². The van der Waals surface area contributed by atoms with Crippen LogP contribution in [0.4, 0.5) is 0 Å². The van der Waals surface area contributed by atoms with Crippen molar-refractivity contribution in [3.8, 4) is 0 Å². The van der Waals surface area contributed by atoms with Crippen LogP contribution in [0.1, 0.15) is 19.8 Å². The average molecular weight is 194 g/mol. The van der Waals surface area contributed by atoms with Gasteiger partial charge in [-0.1, -0.05) is 0 Å². The lowest BCUT2D eigenvalue weighted by Crippen LogP contribution is -2.65. The molecule has 0 aromatic heterocycles. The predicted molar refractivity (Wildman–Crippen MR) is 48.6 cm³/mol. The predicted octanol–water partition coefficient (Wildman–Crippen LogP) is 0.310. The lowest BCUT2D eigenvalue weighted by atomic mass is 9.74. The summed E-state index contributed by atoms with van der Waals surface area (Å²) in [6.07, 6.45) is 1.96. The molecule has 0 amide bonds. The maximum atomic E-state index is 9.14. The summed E-state index contributed by atoms with van der Waals surface area (Å²) < 4.78 is 5.51. The van der Waals surface area contributed by atoms with E-state index >= 15 is 0 Å². The topological polar surface area (TPSA) is 41.5 Å². The normalized spacial score (nSPS) is 46.5. The number of morpholine rings is 1. The van der Waals surface area contributed by atoms with Crippen LogP contribution in [-0.2, 0) is 4.74 Å².